The van der Waals surface area contributed by atoms with Crippen LogP contribution < -0.4 is 14.8 Å². The van der Waals surface area contributed by atoms with Crippen molar-refractivity contribution in [2.45, 2.75) is 24.9 Å². The van der Waals surface area contributed by atoms with Crippen LogP contribution in [0.25, 0.3) is 0 Å². The van der Waals surface area contributed by atoms with Gasteiger partial charge in [0.05, 0.1) is 20.8 Å². The highest BCUT2D eigenvalue weighted by Crippen LogP contribution is 2.32. The van der Waals surface area contributed by atoms with E-state index in [2.05, 4.69) is 5.32 Å². The minimum Gasteiger partial charge on any atom is -0.493 e. The molecule has 4 rings (SSSR count). The normalized spacial score (nSPS) is 17.5. The number of hydrogen-bond acceptors (Lipinski definition) is 5. The predicted octanol–water partition coefficient (Wildman–Crippen LogP) is 2.57. The maximum Gasteiger partial charge on any atom is 0.325 e. The lowest BCUT2D eigenvalue weighted by Gasteiger charge is -2.37. The summed E-state index contributed by atoms with van der Waals surface area (Å²) in [7, 11) is 3.03. The van der Waals surface area contributed by atoms with Gasteiger partial charge >= 0.3 is 6.03 Å². The second-order valence-corrected chi connectivity index (χ2v) is 7.89. The van der Waals surface area contributed by atoms with E-state index < -0.39 is 11.6 Å². The van der Waals surface area contributed by atoms with Crippen molar-refractivity contribution >= 4 is 17.8 Å². The number of hydrogen-bond donors (Lipinski definition) is 1. The van der Waals surface area contributed by atoms with Crippen LogP contribution in [0.2, 0.25) is 0 Å². The largest absolute Gasteiger partial charge is 0.493 e. The van der Waals surface area contributed by atoms with Crippen LogP contribution in [-0.4, -0.2) is 60.5 Å². The molecule has 2 aromatic rings. The zero-order valence-corrected chi connectivity index (χ0v) is 17.9. The van der Waals surface area contributed by atoms with Crippen LogP contribution in [0.5, 0.6) is 11.5 Å². The lowest BCUT2D eigenvalue weighted by molar-refractivity contribution is -0.133. The van der Waals surface area contributed by atoms with Crippen molar-refractivity contribution in [1.82, 2.24) is 15.1 Å². The predicted molar refractivity (Wildman–Crippen MR) is 113 cm³/mol. The Balaban J connectivity index is 1.43. The van der Waals surface area contributed by atoms with E-state index in [1.54, 1.807) is 35.2 Å². The molecule has 8 nitrogen and oxygen atoms in total. The number of amides is 4. The number of nitrogens with one attached hydrogen (secondary N) is 1. The van der Waals surface area contributed by atoms with Gasteiger partial charge in [0.1, 0.15) is 11.4 Å². The fourth-order valence-electron chi connectivity index (χ4n) is 4.17. The number of imide groups is 1. The summed E-state index contributed by atoms with van der Waals surface area (Å²) in [6.45, 7) is 0.716. The molecule has 0 aliphatic carbocycles. The standard InChI is InChI=1S/C23H24FN3O5/c1-31-18-8-5-16(13-19(18)32-2)20(28)26-11-9-23(10-12-26)21(29)27(22(30)25-23)14-15-3-6-17(24)7-4-15/h3-8,13H,9-12,14H2,1-2H3,(H,25,30). The summed E-state index contributed by atoms with van der Waals surface area (Å²) in [6.07, 6.45) is 0.632. The molecule has 2 aromatic carbocycles. The molecule has 0 radical (unpaired) electrons. The lowest BCUT2D eigenvalue weighted by atomic mass is 9.87. The number of ether oxygens (including phenoxy) is 2. The van der Waals surface area contributed by atoms with Gasteiger partial charge in [-0.2, -0.15) is 0 Å². The number of rotatable bonds is 5. The zero-order chi connectivity index (χ0) is 22.9. The Morgan fingerprint density at radius 3 is 2.31 bits per heavy atom. The second-order valence-electron chi connectivity index (χ2n) is 7.89. The van der Waals surface area contributed by atoms with Crippen LogP contribution in [0.1, 0.15) is 28.8 Å². The van der Waals surface area contributed by atoms with Crippen LogP contribution in [0.15, 0.2) is 42.5 Å². The lowest BCUT2D eigenvalue weighted by Crippen LogP contribution is -2.55. The van der Waals surface area contributed by atoms with Crippen LogP contribution >= 0.6 is 0 Å². The van der Waals surface area contributed by atoms with Crippen LogP contribution in [0.4, 0.5) is 9.18 Å². The first kappa shape index (κ1) is 21.6. The van der Waals surface area contributed by atoms with Gasteiger partial charge in [-0.3, -0.25) is 14.5 Å². The van der Waals surface area contributed by atoms with Gasteiger partial charge in [0.15, 0.2) is 11.5 Å². The molecule has 0 saturated carbocycles. The van der Waals surface area contributed by atoms with Crippen molar-refractivity contribution in [1.29, 1.82) is 0 Å². The molecule has 32 heavy (non-hydrogen) atoms. The molecule has 0 bridgehead atoms. The average Bonchev–Trinajstić information content (AvgIpc) is 3.03. The molecule has 168 valence electrons. The van der Waals surface area contributed by atoms with E-state index in [9.17, 15) is 18.8 Å². The summed E-state index contributed by atoms with van der Waals surface area (Å²) < 4.78 is 23.6. The first-order valence-corrected chi connectivity index (χ1v) is 10.3. The van der Waals surface area contributed by atoms with Gasteiger partial charge in [0.2, 0.25) is 0 Å². The Morgan fingerprint density at radius 1 is 1.03 bits per heavy atom. The van der Waals surface area contributed by atoms with E-state index in [-0.39, 0.29) is 24.2 Å². The molecule has 1 spiro atoms. The Kier molecular flexibility index (Phi) is 5.73. The number of carbonyl (C=O) groups is 3. The minimum absolute atomic E-state index is 0.0704. The van der Waals surface area contributed by atoms with E-state index in [1.807, 2.05) is 0 Å². The third-order valence-corrected chi connectivity index (χ3v) is 6.03. The molecule has 2 saturated heterocycles. The summed E-state index contributed by atoms with van der Waals surface area (Å²) in [5.74, 6) is 0.114. The molecule has 2 fully saturated rings. The number of methoxy groups -OCH3 is 2. The van der Waals surface area contributed by atoms with Crippen LogP contribution in [0.3, 0.4) is 0 Å². The summed E-state index contributed by atoms with van der Waals surface area (Å²) in [5, 5.41) is 2.82. The summed E-state index contributed by atoms with van der Waals surface area (Å²) in [4.78, 5) is 41.4. The maximum atomic E-state index is 13.1. The first-order chi connectivity index (χ1) is 15.4. The van der Waals surface area contributed by atoms with Gasteiger partial charge < -0.3 is 19.7 Å². The van der Waals surface area contributed by atoms with Gasteiger partial charge in [0, 0.05) is 18.7 Å². The SMILES string of the molecule is COc1ccc(C(=O)N2CCC3(CC2)NC(=O)N(Cc2ccc(F)cc2)C3=O)cc1OC. The summed E-state index contributed by atoms with van der Waals surface area (Å²) >= 11 is 0. The first-order valence-electron chi connectivity index (χ1n) is 10.3. The molecule has 2 aliphatic heterocycles. The van der Waals surface area contributed by atoms with Gasteiger partial charge in [-0.1, -0.05) is 12.1 Å². The van der Waals surface area contributed by atoms with E-state index in [0.717, 1.165) is 4.90 Å². The quantitative estimate of drug-likeness (QED) is 0.721. The Labute approximate surface area is 184 Å². The number of nitrogens with zero attached hydrogens (tertiary/aromatic N) is 2. The fourth-order valence-corrected chi connectivity index (χ4v) is 4.17. The monoisotopic (exact) mass is 441 g/mol. The van der Waals surface area contributed by atoms with Gasteiger partial charge in [-0.25, -0.2) is 9.18 Å². The number of likely N-dealkylation sites (tertiary alicyclic amines) is 1. The third-order valence-electron chi connectivity index (χ3n) is 6.03. The number of carbonyl (C=O) groups excluding carboxylic acids is 3. The molecular weight excluding hydrogens is 417 g/mol. The number of benzene rings is 2. The number of piperidine rings is 1. The highest BCUT2D eigenvalue weighted by atomic mass is 19.1. The zero-order valence-electron chi connectivity index (χ0n) is 17.9. The van der Waals surface area contributed by atoms with E-state index in [4.69, 9.17) is 9.47 Å². The summed E-state index contributed by atoms with van der Waals surface area (Å²) in [5.41, 5.74) is 0.0946. The summed E-state index contributed by atoms with van der Waals surface area (Å²) in [6, 6.07) is 10.2. The minimum atomic E-state index is -1.02. The van der Waals surface area contributed by atoms with E-state index in [0.29, 0.717) is 48.6 Å². The molecule has 0 aromatic heterocycles. The van der Waals surface area contributed by atoms with Gasteiger partial charge in [0.25, 0.3) is 11.8 Å². The topological polar surface area (TPSA) is 88.2 Å². The Morgan fingerprint density at radius 2 is 1.69 bits per heavy atom. The van der Waals surface area contributed by atoms with Crippen LogP contribution in [0, 0.1) is 5.82 Å². The van der Waals surface area contributed by atoms with Crippen molar-refractivity contribution in [3.05, 3.63) is 59.4 Å². The van der Waals surface area contributed by atoms with Crippen molar-refractivity contribution < 1.29 is 28.2 Å². The highest BCUT2D eigenvalue weighted by Gasteiger charge is 2.52. The molecule has 1 N–H and O–H groups in total. The molecule has 0 atom stereocenters. The maximum absolute atomic E-state index is 13.1. The Bertz CT molecular complexity index is 1050. The van der Waals surface area contributed by atoms with Crippen molar-refractivity contribution in [3.8, 4) is 11.5 Å². The van der Waals surface area contributed by atoms with Crippen molar-refractivity contribution in [2.75, 3.05) is 27.3 Å². The molecule has 2 heterocycles. The van der Waals surface area contributed by atoms with Gasteiger partial charge in [-0.15, -0.1) is 0 Å². The van der Waals surface area contributed by atoms with E-state index >= 15 is 0 Å². The van der Waals surface area contributed by atoms with Crippen molar-refractivity contribution in [2.24, 2.45) is 0 Å². The Hall–Kier alpha value is -3.62. The molecule has 9 heteroatoms. The van der Waals surface area contributed by atoms with Crippen molar-refractivity contribution in [3.63, 3.8) is 0 Å². The fraction of sp³-hybridized carbons (Fsp3) is 0.348. The molecule has 2 aliphatic rings. The second kappa shape index (κ2) is 8.49. The number of halogens is 1. The van der Waals surface area contributed by atoms with E-state index in [1.165, 1.54) is 26.4 Å². The number of urea groups is 1. The molecule has 4 amide bonds. The smallest absolute Gasteiger partial charge is 0.325 e. The molecular formula is C23H24FN3O5. The molecule has 0 unspecified atom stereocenters. The highest BCUT2D eigenvalue weighted by molar-refractivity contribution is 6.07. The third kappa shape index (κ3) is 3.86. The average molecular weight is 441 g/mol. The van der Waals surface area contributed by atoms with Gasteiger partial charge in [-0.05, 0) is 48.7 Å². The van der Waals surface area contributed by atoms with Crippen LogP contribution in [-0.2, 0) is 11.3 Å².